The fourth-order valence-corrected chi connectivity index (χ4v) is 3.40. The zero-order valence-corrected chi connectivity index (χ0v) is 15.9. The van der Waals surface area contributed by atoms with Crippen molar-refractivity contribution in [2.24, 2.45) is 0 Å². The van der Waals surface area contributed by atoms with Gasteiger partial charge in [0.25, 0.3) is 5.56 Å². The highest BCUT2D eigenvalue weighted by molar-refractivity contribution is 7.87. The predicted molar refractivity (Wildman–Crippen MR) is 101 cm³/mol. The summed E-state index contributed by atoms with van der Waals surface area (Å²) in [5.74, 6) is -0.742. The van der Waals surface area contributed by atoms with Gasteiger partial charge in [0.2, 0.25) is 0 Å². The van der Waals surface area contributed by atoms with Crippen LogP contribution in [-0.2, 0) is 10.1 Å². The highest BCUT2D eigenvalue weighted by atomic mass is 32.2. The summed E-state index contributed by atoms with van der Waals surface area (Å²) in [7, 11) is -6.04. The van der Waals surface area contributed by atoms with Crippen molar-refractivity contribution in [3.8, 4) is 0 Å². The minimum Gasteiger partial charge on any atom is -0.277 e. The molecule has 0 aliphatic rings. The lowest BCUT2D eigenvalue weighted by Gasteiger charge is -2.23. The number of hydrogen-bond donors (Lipinski definition) is 0. The van der Waals surface area contributed by atoms with Crippen LogP contribution >= 0.6 is 0 Å². The fraction of sp³-hybridized carbons (Fsp3) is 0.150. The third-order valence-electron chi connectivity index (χ3n) is 4.18. The molecule has 0 unspecified atom stereocenters. The van der Waals surface area contributed by atoms with E-state index in [9.17, 15) is 26.4 Å². The highest BCUT2D eigenvalue weighted by Gasteiger charge is 2.49. The molecular formula is C20H16F3NO4S. The topological polar surface area (TPSA) is 65.4 Å². The standard InChI is InChI=1S/C20H16F3NO4S/c1-14-12-17(24(18(25)13-14)28-29(26,27)20(21,22)23)19(15-8-4-2-5-9-15)16-10-6-3-7-11-16/h2-13,19H,1H3. The number of benzene rings is 2. The summed E-state index contributed by atoms with van der Waals surface area (Å²) in [5.41, 5.74) is -5.00. The van der Waals surface area contributed by atoms with E-state index in [0.29, 0.717) is 16.7 Å². The average Bonchev–Trinajstić information content (AvgIpc) is 2.65. The summed E-state index contributed by atoms with van der Waals surface area (Å²) in [5, 5.41) is 0. The molecule has 0 N–H and O–H groups in total. The Morgan fingerprint density at radius 1 is 0.897 bits per heavy atom. The van der Waals surface area contributed by atoms with Gasteiger partial charge in [-0.15, -0.1) is 4.73 Å². The molecule has 2 aromatic carbocycles. The first-order chi connectivity index (χ1) is 13.6. The van der Waals surface area contributed by atoms with Crippen molar-refractivity contribution < 1.29 is 25.9 Å². The summed E-state index contributed by atoms with van der Waals surface area (Å²) < 4.78 is 66.3. The second-order valence-electron chi connectivity index (χ2n) is 6.32. The van der Waals surface area contributed by atoms with Gasteiger partial charge in [0.15, 0.2) is 0 Å². The van der Waals surface area contributed by atoms with E-state index in [4.69, 9.17) is 0 Å². The van der Waals surface area contributed by atoms with Crippen molar-refractivity contribution in [3.05, 3.63) is 106 Å². The number of aryl methyl sites for hydroxylation is 1. The number of rotatable bonds is 5. The van der Waals surface area contributed by atoms with Gasteiger partial charge in [-0.1, -0.05) is 60.7 Å². The molecule has 0 spiro atoms. The van der Waals surface area contributed by atoms with Crippen LogP contribution < -0.4 is 9.84 Å². The van der Waals surface area contributed by atoms with Crippen LogP contribution in [0.5, 0.6) is 0 Å². The smallest absolute Gasteiger partial charge is 0.277 e. The van der Waals surface area contributed by atoms with Gasteiger partial charge in [0.1, 0.15) is 0 Å². The van der Waals surface area contributed by atoms with Gasteiger partial charge in [-0.3, -0.25) is 9.08 Å². The molecule has 29 heavy (non-hydrogen) atoms. The lowest BCUT2D eigenvalue weighted by atomic mass is 9.87. The maximum atomic E-state index is 12.9. The largest absolute Gasteiger partial charge is 0.536 e. The Morgan fingerprint density at radius 3 is 1.83 bits per heavy atom. The van der Waals surface area contributed by atoms with Gasteiger partial charge in [0, 0.05) is 6.07 Å². The third-order valence-corrected chi connectivity index (χ3v) is 5.09. The fourth-order valence-electron chi connectivity index (χ4n) is 2.96. The van der Waals surface area contributed by atoms with Gasteiger partial charge in [-0.25, -0.2) is 0 Å². The average molecular weight is 423 g/mol. The van der Waals surface area contributed by atoms with Crippen LogP contribution in [0.3, 0.4) is 0 Å². The van der Waals surface area contributed by atoms with E-state index in [0.717, 1.165) is 6.07 Å². The van der Waals surface area contributed by atoms with E-state index in [1.807, 2.05) is 0 Å². The lowest BCUT2D eigenvalue weighted by molar-refractivity contribution is -0.0551. The molecule has 152 valence electrons. The van der Waals surface area contributed by atoms with Gasteiger partial charge in [-0.2, -0.15) is 21.6 Å². The minimum atomic E-state index is -6.04. The molecule has 3 aromatic rings. The molecule has 0 fully saturated rings. The molecule has 0 saturated heterocycles. The first-order valence-electron chi connectivity index (χ1n) is 8.45. The molecule has 9 heteroatoms. The quantitative estimate of drug-likeness (QED) is 0.588. The van der Waals surface area contributed by atoms with Crippen molar-refractivity contribution in [1.29, 1.82) is 0 Å². The van der Waals surface area contributed by atoms with Crippen LogP contribution in [-0.4, -0.2) is 18.7 Å². The number of hydrogen-bond acceptors (Lipinski definition) is 4. The molecule has 0 radical (unpaired) electrons. The van der Waals surface area contributed by atoms with Crippen LogP contribution in [0.1, 0.15) is 28.3 Å². The second kappa shape index (κ2) is 7.75. The Kier molecular flexibility index (Phi) is 5.52. The zero-order chi connectivity index (χ0) is 21.2. The number of aromatic nitrogens is 1. The first kappa shape index (κ1) is 20.7. The summed E-state index contributed by atoms with van der Waals surface area (Å²) in [4.78, 5) is 12.4. The van der Waals surface area contributed by atoms with Crippen molar-refractivity contribution in [2.75, 3.05) is 0 Å². The van der Waals surface area contributed by atoms with Crippen LogP contribution in [0.15, 0.2) is 77.6 Å². The minimum absolute atomic E-state index is 0.0415. The molecule has 5 nitrogen and oxygen atoms in total. The molecule has 0 aliphatic heterocycles. The van der Waals surface area contributed by atoms with Crippen LogP contribution in [0.2, 0.25) is 0 Å². The Hall–Kier alpha value is -3.07. The van der Waals surface area contributed by atoms with Crippen molar-refractivity contribution in [3.63, 3.8) is 0 Å². The van der Waals surface area contributed by atoms with Gasteiger partial charge >= 0.3 is 15.6 Å². The molecule has 0 aliphatic carbocycles. The van der Waals surface area contributed by atoms with Gasteiger partial charge in [-0.05, 0) is 29.7 Å². The third kappa shape index (κ3) is 4.34. The molecule has 1 heterocycles. The van der Waals surface area contributed by atoms with Crippen LogP contribution in [0.4, 0.5) is 13.2 Å². The summed E-state index contributed by atoms with van der Waals surface area (Å²) in [6, 6.07) is 19.8. The maximum Gasteiger partial charge on any atom is 0.536 e. The summed E-state index contributed by atoms with van der Waals surface area (Å²) in [6.45, 7) is 1.58. The maximum absolute atomic E-state index is 12.9. The predicted octanol–water partition coefficient (Wildman–Crippen LogP) is 3.62. The highest BCUT2D eigenvalue weighted by Crippen LogP contribution is 2.32. The molecule has 1 aromatic heterocycles. The summed E-state index contributed by atoms with van der Waals surface area (Å²) in [6.07, 6.45) is 0. The number of nitrogens with zero attached hydrogens (tertiary/aromatic N) is 1. The molecule has 0 saturated carbocycles. The van der Waals surface area contributed by atoms with Gasteiger partial charge < -0.3 is 0 Å². The van der Waals surface area contributed by atoms with E-state index in [-0.39, 0.29) is 10.4 Å². The Labute approximate surface area is 165 Å². The van der Waals surface area contributed by atoms with Crippen molar-refractivity contribution >= 4 is 10.1 Å². The Morgan fingerprint density at radius 2 is 1.38 bits per heavy atom. The molecule has 3 rings (SSSR count). The monoisotopic (exact) mass is 423 g/mol. The molecular weight excluding hydrogens is 407 g/mol. The molecule has 0 bridgehead atoms. The Bertz CT molecular complexity index is 1120. The van der Waals surface area contributed by atoms with E-state index >= 15 is 0 Å². The molecule has 0 amide bonds. The second-order valence-corrected chi connectivity index (χ2v) is 7.84. The lowest BCUT2D eigenvalue weighted by Crippen LogP contribution is -2.40. The zero-order valence-electron chi connectivity index (χ0n) is 15.1. The van der Waals surface area contributed by atoms with E-state index in [2.05, 4.69) is 4.28 Å². The molecule has 0 atom stereocenters. The van der Waals surface area contributed by atoms with Crippen molar-refractivity contribution in [1.82, 2.24) is 4.73 Å². The first-order valence-corrected chi connectivity index (χ1v) is 9.86. The van der Waals surface area contributed by atoms with E-state index in [1.165, 1.54) is 6.07 Å². The van der Waals surface area contributed by atoms with Gasteiger partial charge in [0.05, 0.1) is 11.6 Å². The summed E-state index contributed by atoms with van der Waals surface area (Å²) >= 11 is 0. The number of alkyl halides is 3. The number of pyridine rings is 1. The number of halogens is 3. The Balaban J connectivity index is 2.28. The van der Waals surface area contributed by atoms with Crippen LogP contribution in [0.25, 0.3) is 0 Å². The van der Waals surface area contributed by atoms with E-state index in [1.54, 1.807) is 67.6 Å². The van der Waals surface area contributed by atoms with Crippen LogP contribution in [0, 0.1) is 6.92 Å². The van der Waals surface area contributed by atoms with Crippen molar-refractivity contribution in [2.45, 2.75) is 18.3 Å². The van der Waals surface area contributed by atoms with E-state index < -0.39 is 27.1 Å². The normalized spacial score (nSPS) is 12.2. The SMILES string of the molecule is Cc1cc(C(c2ccccc2)c2ccccc2)n(OS(=O)(=O)C(F)(F)F)c(=O)c1.